The summed E-state index contributed by atoms with van der Waals surface area (Å²) in [5.41, 5.74) is 7.45. The quantitative estimate of drug-likeness (QED) is 0.852. The molecule has 0 aromatic carbocycles. The molecule has 2 aromatic heterocycles. The van der Waals surface area contributed by atoms with Crippen molar-refractivity contribution in [3.8, 4) is 0 Å². The number of nitrogens with two attached hydrogens (primary N) is 1. The summed E-state index contributed by atoms with van der Waals surface area (Å²) in [6.45, 7) is 4.25. The van der Waals surface area contributed by atoms with Gasteiger partial charge >= 0.3 is 0 Å². The van der Waals surface area contributed by atoms with E-state index in [1.165, 1.54) is 26.9 Å². The third-order valence-electron chi connectivity index (χ3n) is 2.26. The molecule has 2 aromatic rings. The van der Waals surface area contributed by atoms with Crippen LogP contribution in [0.3, 0.4) is 0 Å². The molecule has 0 aliphatic heterocycles. The van der Waals surface area contributed by atoms with Crippen molar-refractivity contribution in [3.05, 3.63) is 38.5 Å². The highest BCUT2D eigenvalue weighted by Gasteiger charge is 2.13. The standard InChI is InChI=1S/C10H12N2S2/c1-6-5-9(13-7(6)2)10(11)8-3-4-12-14-8/h3-5,10H,11H2,1-2H3. The van der Waals surface area contributed by atoms with E-state index in [-0.39, 0.29) is 6.04 Å². The molecule has 2 rings (SSSR count). The molecule has 0 fully saturated rings. The topological polar surface area (TPSA) is 38.9 Å². The second-order valence-corrected chi connectivity index (χ2v) is 5.43. The summed E-state index contributed by atoms with van der Waals surface area (Å²) < 4.78 is 4.06. The van der Waals surface area contributed by atoms with Crippen LogP contribution in [0.25, 0.3) is 0 Å². The number of hydrogen-bond acceptors (Lipinski definition) is 4. The Bertz CT molecular complexity index is 398. The Labute approximate surface area is 91.6 Å². The molecule has 0 bridgehead atoms. The normalized spacial score (nSPS) is 13.1. The lowest BCUT2D eigenvalue weighted by Crippen LogP contribution is -2.07. The molecular formula is C10H12N2S2. The van der Waals surface area contributed by atoms with Gasteiger partial charge in [-0.1, -0.05) is 0 Å². The summed E-state index contributed by atoms with van der Waals surface area (Å²) in [5.74, 6) is 0. The fraction of sp³-hybridized carbons (Fsp3) is 0.300. The van der Waals surface area contributed by atoms with Crippen molar-refractivity contribution in [2.75, 3.05) is 0 Å². The van der Waals surface area contributed by atoms with E-state index in [9.17, 15) is 0 Å². The smallest absolute Gasteiger partial charge is 0.0756 e. The lowest BCUT2D eigenvalue weighted by atomic mass is 10.2. The Morgan fingerprint density at radius 2 is 2.14 bits per heavy atom. The molecule has 4 heteroatoms. The van der Waals surface area contributed by atoms with Crippen LogP contribution in [0, 0.1) is 13.8 Å². The molecule has 0 amide bonds. The molecule has 2 N–H and O–H groups in total. The highest BCUT2D eigenvalue weighted by molar-refractivity contribution is 7.12. The van der Waals surface area contributed by atoms with Crippen LogP contribution >= 0.6 is 22.9 Å². The summed E-state index contributed by atoms with van der Waals surface area (Å²) in [6.07, 6.45) is 1.80. The molecule has 74 valence electrons. The molecular weight excluding hydrogens is 212 g/mol. The zero-order valence-corrected chi connectivity index (χ0v) is 9.78. The number of hydrogen-bond donors (Lipinski definition) is 1. The van der Waals surface area contributed by atoms with Gasteiger partial charge in [-0.2, -0.15) is 0 Å². The minimum Gasteiger partial charge on any atom is -0.319 e. The van der Waals surface area contributed by atoms with Gasteiger partial charge in [0.1, 0.15) is 0 Å². The first-order chi connectivity index (χ1) is 6.68. The van der Waals surface area contributed by atoms with Crippen molar-refractivity contribution in [2.24, 2.45) is 5.73 Å². The van der Waals surface area contributed by atoms with Crippen LogP contribution in [0.2, 0.25) is 0 Å². The zero-order chi connectivity index (χ0) is 10.1. The molecule has 1 atom stereocenters. The monoisotopic (exact) mass is 224 g/mol. The van der Waals surface area contributed by atoms with E-state index in [2.05, 4.69) is 24.3 Å². The molecule has 0 saturated heterocycles. The second-order valence-electron chi connectivity index (χ2n) is 3.28. The van der Waals surface area contributed by atoms with Gasteiger partial charge in [-0.3, -0.25) is 0 Å². The Morgan fingerprint density at radius 1 is 1.36 bits per heavy atom. The lowest BCUT2D eigenvalue weighted by molar-refractivity contribution is 0.916. The highest BCUT2D eigenvalue weighted by Crippen LogP contribution is 2.30. The maximum absolute atomic E-state index is 6.12. The third kappa shape index (κ3) is 1.73. The van der Waals surface area contributed by atoms with E-state index in [0.29, 0.717) is 0 Å². The van der Waals surface area contributed by atoms with Gasteiger partial charge in [0.05, 0.1) is 6.04 Å². The fourth-order valence-corrected chi connectivity index (χ4v) is 3.02. The Hall–Kier alpha value is -0.710. The summed E-state index contributed by atoms with van der Waals surface area (Å²) in [6, 6.07) is 4.16. The van der Waals surface area contributed by atoms with Crippen molar-refractivity contribution >= 4 is 22.9 Å². The van der Waals surface area contributed by atoms with E-state index in [0.717, 1.165) is 4.88 Å². The average molecular weight is 224 g/mol. The van der Waals surface area contributed by atoms with Crippen LogP contribution in [0.1, 0.15) is 26.2 Å². The summed E-state index contributed by atoms with van der Waals surface area (Å²) in [7, 11) is 0. The van der Waals surface area contributed by atoms with Gasteiger partial charge in [-0.15, -0.1) is 11.3 Å². The number of nitrogens with zero attached hydrogens (tertiary/aromatic N) is 1. The molecule has 0 radical (unpaired) electrons. The highest BCUT2D eigenvalue weighted by atomic mass is 32.1. The van der Waals surface area contributed by atoms with E-state index >= 15 is 0 Å². The Balaban J connectivity index is 2.32. The molecule has 0 aliphatic rings. The van der Waals surface area contributed by atoms with Crippen LogP contribution in [-0.4, -0.2) is 4.37 Å². The first kappa shape index (κ1) is 9.83. The summed E-state index contributed by atoms with van der Waals surface area (Å²) in [5, 5.41) is 0. The maximum atomic E-state index is 6.12. The van der Waals surface area contributed by atoms with Crippen LogP contribution in [0.5, 0.6) is 0 Å². The van der Waals surface area contributed by atoms with E-state index in [1.807, 2.05) is 6.07 Å². The van der Waals surface area contributed by atoms with Gasteiger partial charge < -0.3 is 5.73 Å². The SMILES string of the molecule is Cc1cc(C(N)c2ccns2)sc1C. The van der Waals surface area contributed by atoms with Crippen LogP contribution in [0.4, 0.5) is 0 Å². The zero-order valence-electron chi connectivity index (χ0n) is 8.15. The van der Waals surface area contributed by atoms with Gasteiger partial charge in [-0.05, 0) is 43.1 Å². The molecule has 0 spiro atoms. The molecule has 0 aliphatic carbocycles. The van der Waals surface area contributed by atoms with Crippen molar-refractivity contribution in [2.45, 2.75) is 19.9 Å². The van der Waals surface area contributed by atoms with Gasteiger partial charge in [0, 0.05) is 20.8 Å². The summed E-state index contributed by atoms with van der Waals surface area (Å²) in [4.78, 5) is 3.70. The number of aryl methyl sites for hydroxylation is 2. The first-order valence-electron chi connectivity index (χ1n) is 4.41. The van der Waals surface area contributed by atoms with E-state index < -0.39 is 0 Å². The molecule has 2 nitrogen and oxygen atoms in total. The van der Waals surface area contributed by atoms with Crippen molar-refractivity contribution in [3.63, 3.8) is 0 Å². The van der Waals surface area contributed by atoms with Gasteiger partial charge in [0.15, 0.2) is 0 Å². The van der Waals surface area contributed by atoms with Gasteiger partial charge in [0.25, 0.3) is 0 Å². The van der Waals surface area contributed by atoms with E-state index in [1.54, 1.807) is 17.5 Å². The molecule has 2 heterocycles. The Kier molecular flexibility index (Phi) is 2.67. The van der Waals surface area contributed by atoms with Crippen molar-refractivity contribution < 1.29 is 0 Å². The van der Waals surface area contributed by atoms with E-state index in [4.69, 9.17) is 5.73 Å². The average Bonchev–Trinajstić information content (AvgIpc) is 2.76. The number of aromatic nitrogens is 1. The summed E-state index contributed by atoms with van der Waals surface area (Å²) >= 11 is 3.25. The van der Waals surface area contributed by atoms with Crippen molar-refractivity contribution in [1.29, 1.82) is 0 Å². The number of rotatable bonds is 2. The molecule has 1 unspecified atom stereocenters. The van der Waals surface area contributed by atoms with Crippen molar-refractivity contribution in [1.82, 2.24) is 4.37 Å². The van der Waals surface area contributed by atoms with Gasteiger partial charge in [-0.25, -0.2) is 4.37 Å². The minimum absolute atomic E-state index is 0.0000926. The lowest BCUT2D eigenvalue weighted by Gasteiger charge is -2.04. The second kappa shape index (κ2) is 3.81. The maximum Gasteiger partial charge on any atom is 0.0756 e. The predicted molar refractivity (Wildman–Crippen MR) is 61.9 cm³/mol. The van der Waals surface area contributed by atoms with Crippen LogP contribution in [-0.2, 0) is 0 Å². The first-order valence-corrected chi connectivity index (χ1v) is 6.00. The molecule has 14 heavy (non-hydrogen) atoms. The third-order valence-corrected chi connectivity index (χ3v) is 4.32. The number of thiophene rings is 1. The van der Waals surface area contributed by atoms with Crippen LogP contribution < -0.4 is 5.73 Å². The largest absolute Gasteiger partial charge is 0.319 e. The predicted octanol–water partition coefficient (Wildman–Crippen LogP) is 2.87. The minimum atomic E-state index is -0.0000926. The van der Waals surface area contributed by atoms with Gasteiger partial charge in [0.2, 0.25) is 0 Å². The van der Waals surface area contributed by atoms with Crippen LogP contribution in [0.15, 0.2) is 18.3 Å². The Morgan fingerprint density at radius 3 is 2.64 bits per heavy atom. The fourth-order valence-electron chi connectivity index (χ4n) is 1.28. The molecule has 0 saturated carbocycles.